The molecule has 2 aromatic rings. The molecule has 0 saturated heterocycles. The number of sulfonamides is 1. The van der Waals surface area contributed by atoms with Crippen LogP contribution in [0.1, 0.15) is 21.9 Å². The maximum Gasteiger partial charge on any atom is 0.310 e. The second-order valence-electron chi connectivity index (χ2n) is 4.78. The molecule has 0 bridgehead atoms. The zero-order valence-corrected chi connectivity index (χ0v) is 12.2. The molecule has 0 unspecified atom stereocenters. The Labute approximate surface area is 126 Å². The number of hydrogen-bond donors (Lipinski definition) is 2. The molecule has 1 aliphatic rings. The Bertz CT molecular complexity index is 800. The van der Waals surface area contributed by atoms with Crippen LogP contribution in [0, 0.1) is 0 Å². The summed E-state index contributed by atoms with van der Waals surface area (Å²) in [6, 6.07) is 4.54. The normalized spacial score (nSPS) is 15.3. The minimum Gasteiger partial charge on any atom is -0.454 e. The molecule has 2 aromatic heterocycles. The largest absolute Gasteiger partial charge is 0.454 e. The van der Waals surface area contributed by atoms with E-state index in [1.165, 1.54) is 34.3 Å². The highest BCUT2D eigenvalue weighted by atomic mass is 32.2. The first kappa shape index (κ1) is 14.7. The molecule has 1 aliphatic heterocycles. The van der Waals surface area contributed by atoms with Gasteiger partial charge >= 0.3 is 5.91 Å². The molecule has 22 heavy (non-hydrogen) atoms. The maximum atomic E-state index is 12.5. The second-order valence-corrected chi connectivity index (χ2v) is 6.72. The minimum absolute atomic E-state index is 0.0330. The van der Waals surface area contributed by atoms with Crippen LogP contribution in [0.5, 0.6) is 0 Å². The van der Waals surface area contributed by atoms with Crippen molar-refractivity contribution in [1.29, 1.82) is 0 Å². The van der Waals surface area contributed by atoms with Gasteiger partial charge in [0.15, 0.2) is 5.76 Å². The standard InChI is InChI=1S/C13H13N3O5S/c17-13(15-18)11-6-9-3-5-16(8-12(9)21-11)22(19,20)10-2-1-4-14-7-10/h1-2,4,6-7,18H,3,5,8H2,(H,15,17). The van der Waals surface area contributed by atoms with Crippen LogP contribution in [0.4, 0.5) is 0 Å². The van der Waals surface area contributed by atoms with Crippen LogP contribution in [0.3, 0.4) is 0 Å². The van der Waals surface area contributed by atoms with Crippen molar-refractivity contribution in [2.75, 3.05) is 6.54 Å². The van der Waals surface area contributed by atoms with E-state index in [9.17, 15) is 13.2 Å². The number of hydrogen-bond acceptors (Lipinski definition) is 6. The number of carbonyl (C=O) groups excluding carboxylic acids is 1. The molecule has 9 heteroatoms. The summed E-state index contributed by atoms with van der Waals surface area (Å²) in [6.45, 7) is 0.315. The Hall–Kier alpha value is -2.23. The molecular weight excluding hydrogens is 310 g/mol. The van der Waals surface area contributed by atoms with E-state index < -0.39 is 15.9 Å². The molecule has 1 amide bonds. The van der Waals surface area contributed by atoms with Crippen molar-refractivity contribution < 1.29 is 22.8 Å². The zero-order valence-electron chi connectivity index (χ0n) is 11.4. The predicted octanol–water partition coefficient (Wildman–Crippen LogP) is 0.541. The number of furan rings is 1. The average Bonchev–Trinajstić information content (AvgIpc) is 2.98. The molecule has 0 atom stereocenters. The summed E-state index contributed by atoms with van der Waals surface area (Å²) >= 11 is 0. The first-order valence-corrected chi connectivity index (χ1v) is 7.92. The van der Waals surface area contributed by atoms with Crippen LogP contribution >= 0.6 is 0 Å². The minimum atomic E-state index is -3.66. The van der Waals surface area contributed by atoms with E-state index in [0.717, 1.165) is 5.56 Å². The van der Waals surface area contributed by atoms with Crippen molar-refractivity contribution in [3.8, 4) is 0 Å². The van der Waals surface area contributed by atoms with Crippen molar-refractivity contribution in [1.82, 2.24) is 14.8 Å². The predicted molar refractivity (Wildman–Crippen MR) is 73.5 cm³/mol. The Morgan fingerprint density at radius 3 is 2.95 bits per heavy atom. The van der Waals surface area contributed by atoms with Crippen molar-refractivity contribution in [3.05, 3.63) is 47.7 Å². The second kappa shape index (κ2) is 5.52. The van der Waals surface area contributed by atoms with Gasteiger partial charge in [-0.05, 0) is 30.2 Å². The Kier molecular flexibility index (Phi) is 3.69. The number of aromatic nitrogens is 1. The molecule has 2 N–H and O–H groups in total. The van der Waals surface area contributed by atoms with Crippen LogP contribution in [-0.4, -0.2) is 35.4 Å². The fourth-order valence-electron chi connectivity index (χ4n) is 2.32. The summed E-state index contributed by atoms with van der Waals surface area (Å²) in [5.74, 6) is -0.415. The lowest BCUT2D eigenvalue weighted by Gasteiger charge is -2.25. The summed E-state index contributed by atoms with van der Waals surface area (Å²) in [5, 5.41) is 8.61. The third-order valence-electron chi connectivity index (χ3n) is 3.44. The van der Waals surface area contributed by atoms with E-state index in [1.54, 1.807) is 6.07 Å². The average molecular weight is 323 g/mol. The smallest absolute Gasteiger partial charge is 0.310 e. The molecule has 0 radical (unpaired) electrons. The number of rotatable bonds is 3. The first-order valence-electron chi connectivity index (χ1n) is 6.48. The van der Waals surface area contributed by atoms with Gasteiger partial charge in [-0.1, -0.05) is 0 Å². The molecule has 3 rings (SSSR count). The highest BCUT2D eigenvalue weighted by Gasteiger charge is 2.31. The van der Waals surface area contributed by atoms with Crippen molar-refractivity contribution >= 4 is 15.9 Å². The summed E-state index contributed by atoms with van der Waals surface area (Å²) in [6.07, 6.45) is 3.22. The molecule has 0 spiro atoms. The number of fused-ring (bicyclic) bond motifs is 1. The van der Waals surface area contributed by atoms with E-state index in [-0.39, 0.29) is 23.7 Å². The van der Waals surface area contributed by atoms with E-state index >= 15 is 0 Å². The van der Waals surface area contributed by atoms with E-state index in [1.807, 2.05) is 0 Å². The number of nitrogens with zero attached hydrogens (tertiary/aromatic N) is 2. The molecule has 0 saturated carbocycles. The lowest BCUT2D eigenvalue weighted by Crippen LogP contribution is -2.35. The van der Waals surface area contributed by atoms with E-state index in [0.29, 0.717) is 12.2 Å². The quantitative estimate of drug-likeness (QED) is 0.630. The van der Waals surface area contributed by atoms with Gasteiger partial charge in [0.1, 0.15) is 10.7 Å². The van der Waals surface area contributed by atoms with Crippen LogP contribution in [-0.2, 0) is 23.0 Å². The van der Waals surface area contributed by atoms with Gasteiger partial charge in [0, 0.05) is 18.9 Å². The molecule has 0 aliphatic carbocycles. The fraction of sp³-hybridized carbons (Fsp3) is 0.231. The van der Waals surface area contributed by atoms with E-state index in [2.05, 4.69) is 4.98 Å². The number of carbonyl (C=O) groups is 1. The number of pyridine rings is 1. The number of hydroxylamine groups is 1. The Balaban J connectivity index is 1.88. The third-order valence-corrected chi connectivity index (χ3v) is 5.27. The van der Waals surface area contributed by atoms with Crippen LogP contribution in [0.15, 0.2) is 39.9 Å². The van der Waals surface area contributed by atoms with Gasteiger partial charge in [-0.3, -0.25) is 15.0 Å². The Morgan fingerprint density at radius 1 is 1.45 bits per heavy atom. The van der Waals surface area contributed by atoms with Crippen molar-refractivity contribution in [2.24, 2.45) is 0 Å². The molecule has 0 aromatic carbocycles. The molecule has 116 valence electrons. The van der Waals surface area contributed by atoms with Crippen molar-refractivity contribution in [2.45, 2.75) is 17.9 Å². The summed E-state index contributed by atoms with van der Waals surface area (Å²) in [7, 11) is -3.66. The lowest BCUT2D eigenvalue weighted by molar-refractivity contribution is 0.0673. The van der Waals surface area contributed by atoms with Gasteiger partial charge in [0.25, 0.3) is 0 Å². The molecule has 0 fully saturated rings. The van der Waals surface area contributed by atoms with Gasteiger partial charge in [0.05, 0.1) is 6.54 Å². The van der Waals surface area contributed by atoms with Crippen LogP contribution in [0.25, 0.3) is 0 Å². The summed E-state index contributed by atoms with van der Waals surface area (Å²) < 4.78 is 31.6. The van der Waals surface area contributed by atoms with Crippen LogP contribution in [0.2, 0.25) is 0 Å². The number of amides is 1. The Morgan fingerprint density at radius 2 is 2.27 bits per heavy atom. The van der Waals surface area contributed by atoms with Gasteiger partial charge in [-0.2, -0.15) is 4.31 Å². The number of nitrogens with one attached hydrogen (secondary N) is 1. The fourth-order valence-corrected chi connectivity index (χ4v) is 3.68. The molecular formula is C13H13N3O5S. The topological polar surface area (TPSA) is 113 Å². The van der Waals surface area contributed by atoms with Crippen molar-refractivity contribution in [3.63, 3.8) is 0 Å². The van der Waals surface area contributed by atoms with Gasteiger partial charge in [-0.15, -0.1) is 0 Å². The molecule has 8 nitrogen and oxygen atoms in total. The van der Waals surface area contributed by atoms with Crippen LogP contribution < -0.4 is 5.48 Å². The lowest BCUT2D eigenvalue weighted by atomic mass is 10.1. The monoisotopic (exact) mass is 323 g/mol. The zero-order chi connectivity index (χ0) is 15.7. The highest BCUT2D eigenvalue weighted by molar-refractivity contribution is 7.89. The summed E-state index contributed by atoms with van der Waals surface area (Å²) in [4.78, 5) is 15.3. The highest BCUT2D eigenvalue weighted by Crippen LogP contribution is 2.27. The SMILES string of the molecule is O=C(NO)c1cc2c(o1)CN(S(=O)(=O)c1cccnc1)CC2. The van der Waals surface area contributed by atoms with Gasteiger partial charge in [0.2, 0.25) is 10.0 Å². The maximum absolute atomic E-state index is 12.5. The van der Waals surface area contributed by atoms with Gasteiger partial charge < -0.3 is 4.42 Å². The third kappa shape index (κ3) is 2.49. The first-order chi connectivity index (χ1) is 10.5. The van der Waals surface area contributed by atoms with Gasteiger partial charge in [-0.25, -0.2) is 13.9 Å². The molecule has 3 heterocycles. The van der Waals surface area contributed by atoms with E-state index in [4.69, 9.17) is 9.62 Å². The summed E-state index contributed by atoms with van der Waals surface area (Å²) in [5.41, 5.74) is 2.25.